The van der Waals surface area contributed by atoms with Gasteiger partial charge < -0.3 is 15.0 Å². The molecule has 2 aromatic heterocycles. The topological polar surface area (TPSA) is 85.0 Å². The van der Waals surface area contributed by atoms with E-state index in [4.69, 9.17) is 11.6 Å². The van der Waals surface area contributed by atoms with E-state index in [0.29, 0.717) is 30.4 Å². The fourth-order valence-corrected chi connectivity index (χ4v) is 4.06. The van der Waals surface area contributed by atoms with Gasteiger partial charge in [0.05, 0.1) is 34.4 Å². The maximum atomic E-state index is 12.8. The van der Waals surface area contributed by atoms with E-state index in [-0.39, 0.29) is 17.5 Å². The zero-order valence-electron chi connectivity index (χ0n) is 15.0. The van der Waals surface area contributed by atoms with Gasteiger partial charge >= 0.3 is 0 Å². The number of nitrogens with zero attached hydrogens (tertiary/aromatic N) is 4. The zero-order valence-corrected chi connectivity index (χ0v) is 15.8. The van der Waals surface area contributed by atoms with Crippen LogP contribution in [0.3, 0.4) is 0 Å². The smallest absolute Gasteiger partial charge is 0.293 e. The first-order valence-corrected chi connectivity index (χ1v) is 9.55. The molecule has 4 rings (SSSR count). The van der Waals surface area contributed by atoms with Crippen LogP contribution in [0, 0.1) is 5.92 Å². The van der Waals surface area contributed by atoms with E-state index in [2.05, 4.69) is 15.4 Å². The van der Waals surface area contributed by atoms with E-state index in [1.165, 1.54) is 0 Å². The highest BCUT2D eigenvalue weighted by molar-refractivity contribution is 6.30. The van der Waals surface area contributed by atoms with Gasteiger partial charge in [0.1, 0.15) is 0 Å². The molecule has 2 N–H and O–H groups in total. The Labute approximate surface area is 161 Å². The number of aliphatic hydroxyl groups is 1. The highest BCUT2D eigenvalue weighted by atomic mass is 35.5. The van der Waals surface area contributed by atoms with Gasteiger partial charge in [-0.3, -0.25) is 9.48 Å². The lowest BCUT2D eigenvalue weighted by atomic mass is 10.1. The van der Waals surface area contributed by atoms with E-state index in [9.17, 15) is 9.90 Å². The van der Waals surface area contributed by atoms with E-state index >= 15 is 0 Å². The fourth-order valence-electron chi connectivity index (χ4n) is 3.90. The van der Waals surface area contributed by atoms with Crippen molar-refractivity contribution in [2.24, 2.45) is 5.92 Å². The largest absolute Gasteiger partial charge is 0.391 e. The van der Waals surface area contributed by atoms with Crippen molar-refractivity contribution in [1.29, 1.82) is 0 Å². The molecule has 0 amide bonds. The number of nitrogens with one attached hydrogen (secondary N) is 1. The van der Waals surface area contributed by atoms with Crippen molar-refractivity contribution in [3.63, 3.8) is 0 Å². The van der Waals surface area contributed by atoms with Crippen LogP contribution in [0.15, 0.2) is 41.5 Å². The van der Waals surface area contributed by atoms with Gasteiger partial charge in [-0.25, -0.2) is 4.98 Å². The standard InChI is InChI=1S/C19H22ClN5O2/c1-2-25-16-6-4-3-5-14(16)22-18(19(25)27)23-15-7-12(8-17(15)26)10-24-11-13(20)9-21-24/h3-6,9,11-12,15,17,26H,2,7-8,10H2,1H3,(H,22,23)/t12?,15-,17-/m1/s1. The number of para-hydroxylation sites is 2. The minimum absolute atomic E-state index is 0.161. The second kappa shape index (κ2) is 7.32. The molecule has 1 aromatic carbocycles. The van der Waals surface area contributed by atoms with Crippen molar-refractivity contribution in [1.82, 2.24) is 19.3 Å². The fraction of sp³-hybridized carbons (Fsp3) is 0.421. The Hall–Kier alpha value is -2.38. The molecule has 0 spiro atoms. The quantitative estimate of drug-likeness (QED) is 0.702. The number of aromatic nitrogens is 4. The van der Waals surface area contributed by atoms with Crippen LogP contribution in [0.1, 0.15) is 19.8 Å². The Morgan fingerprint density at radius 1 is 1.33 bits per heavy atom. The number of hydrogen-bond acceptors (Lipinski definition) is 5. The first-order valence-electron chi connectivity index (χ1n) is 9.17. The second-order valence-corrected chi connectivity index (χ2v) is 7.47. The van der Waals surface area contributed by atoms with E-state index < -0.39 is 6.10 Å². The molecule has 0 radical (unpaired) electrons. The highest BCUT2D eigenvalue weighted by Crippen LogP contribution is 2.29. The van der Waals surface area contributed by atoms with Crippen LogP contribution < -0.4 is 10.9 Å². The van der Waals surface area contributed by atoms with Crippen molar-refractivity contribution in [2.45, 2.75) is 45.0 Å². The Morgan fingerprint density at radius 3 is 2.89 bits per heavy atom. The lowest BCUT2D eigenvalue weighted by molar-refractivity contribution is 0.165. The van der Waals surface area contributed by atoms with Gasteiger partial charge in [0.25, 0.3) is 5.56 Å². The molecule has 0 bridgehead atoms. The molecule has 0 aliphatic heterocycles. The van der Waals surface area contributed by atoms with Gasteiger partial charge in [-0.1, -0.05) is 23.7 Å². The van der Waals surface area contributed by atoms with Crippen molar-refractivity contribution < 1.29 is 5.11 Å². The van der Waals surface area contributed by atoms with Crippen LogP contribution in [0.2, 0.25) is 5.02 Å². The molecular weight excluding hydrogens is 366 g/mol. The summed E-state index contributed by atoms with van der Waals surface area (Å²) in [5, 5.41) is 18.5. The van der Waals surface area contributed by atoms with E-state index in [0.717, 1.165) is 17.5 Å². The van der Waals surface area contributed by atoms with Crippen LogP contribution in [0.5, 0.6) is 0 Å². The maximum absolute atomic E-state index is 12.8. The Kier molecular flexibility index (Phi) is 4.88. The molecule has 7 nitrogen and oxygen atoms in total. The molecule has 3 aromatic rings. The predicted molar refractivity (Wildman–Crippen MR) is 105 cm³/mol. The number of rotatable bonds is 5. The summed E-state index contributed by atoms with van der Waals surface area (Å²) in [6, 6.07) is 7.37. The Balaban J connectivity index is 1.55. The van der Waals surface area contributed by atoms with Gasteiger partial charge in [0, 0.05) is 19.3 Å². The van der Waals surface area contributed by atoms with Crippen molar-refractivity contribution in [3.8, 4) is 0 Å². The molecule has 1 saturated carbocycles. The second-order valence-electron chi connectivity index (χ2n) is 7.03. The van der Waals surface area contributed by atoms with Crippen LogP contribution in [-0.2, 0) is 13.1 Å². The van der Waals surface area contributed by atoms with Crippen LogP contribution in [-0.4, -0.2) is 36.6 Å². The molecule has 1 unspecified atom stereocenters. The predicted octanol–water partition coefficient (Wildman–Crippen LogP) is 2.52. The number of hydrogen-bond donors (Lipinski definition) is 2. The summed E-state index contributed by atoms with van der Waals surface area (Å²) in [6.45, 7) is 3.19. The summed E-state index contributed by atoms with van der Waals surface area (Å²) < 4.78 is 3.50. The van der Waals surface area contributed by atoms with Gasteiger partial charge in [0.15, 0.2) is 5.82 Å². The molecule has 0 saturated heterocycles. The molecule has 27 heavy (non-hydrogen) atoms. The van der Waals surface area contributed by atoms with E-state index in [1.807, 2.05) is 31.2 Å². The van der Waals surface area contributed by atoms with Crippen molar-refractivity contribution in [2.75, 3.05) is 5.32 Å². The lowest BCUT2D eigenvalue weighted by Crippen LogP contribution is -2.33. The van der Waals surface area contributed by atoms with Crippen molar-refractivity contribution >= 4 is 28.5 Å². The van der Waals surface area contributed by atoms with Gasteiger partial charge in [-0.15, -0.1) is 0 Å². The van der Waals surface area contributed by atoms with Gasteiger partial charge in [-0.05, 0) is 37.8 Å². The summed E-state index contributed by atoms with van der Waals surface area (Å²) >= 11 is 5.91. The zero-order chi connectivity index (χ0) is 19.0. The van der Waals surface area contributed by atoms with Crippen LogP contribution in [0.25, 0.3) is 11.0 Å². The van der Waals surface area contributed by atoms with Crippen LogP contribution >= 0.6 is 11.6 Å². The van der Waals surface area contributed by atoms with Crippen LogP contribution in [0.4, 0.5) is 5.82 Å². The third kappa shape index (κ3) is 3.57. The van der Waals surface area contributed by atoms with Gasteiger partial charge in [-0.2, -0.15) is 5.10 Å². The number of anilines is 1. The molecular formula is C19H22ClN5O2. The number of halogens is 1. The highest BCUT2D eigenvalue weighted by Gasteiger charge is 2.34. The van der Waals surface area contributed by atoms with E-state index in [1.54, 1.807) is 21.6 Å². The molecule has 142 valence electrons. The SMILES string of the molecule is CCn1c(=O)c(N[C@@H]2CC(Cn3cc(Cl)cn3)C[C@H]2O)nc2ccccc21. The Bertz CT molecular complexity index is 1010. The third-order valence-corrected chi connectivity index (χ3v) is 5.36. The molecule has 1 fully saturated rings. The minimum Gasteiger partial charge on any atom is -0.391 e. The summed E-state index contributed by atoms with van der Waals surface area (Å²) in [6.07, 6.45) is 4.22. The lowest BCUT2D eigenvalue weighted by Gasteiger charge is -2.18. The Morgan fingerprint density at radius 2 is 2.15 bits per heavy atom. The summed E-state index contributed by atoms with van der Waals surface area (Å²) in [5.74, 6) is 0.546. The number of fused-ring (bicyclic) bond motifs is 1. The van der Waals surface area contributed by atoms with Crippen molar-refractivity contribution in [3.05, 3.63) is 52.0 Å². The molecule has 3 atom stereocenters. The molecule has 1 aliphatic rings. The number of aliphatic hydroxyl groups excluding tert-OH is 1. The minimum atomic E-state index is -0.538. The monoisotopic (exact) mass is 387 g/mol. The average Bonchev–Trinajstić information content (AvgIpc) is 3.21. The number of benzene rings is 1. The van der Waals surface area contributed by atoms with Gasteiger partial charge in [0.2, 0.25) is 0 Å². The molecule has 8 heteroatoms. The molecule has 2 heterocycles. The first kappa shape index (κ1) is 18.0. The third-order valence-electron chi connectivity index (χ3n) is 5.16. The average molecular weight is 388 g/mol. The summed E-state index contributed by atoms with van der Waals surface area (Å²) in [4.78, 5) is 17.3. The molecule has 1 aliphatic carbocycles. The normalized spacial score (nSPS) is 22.4. The first-order chi connectivity index (χ1) is 13.0. The number of aryl methyl sites for hydroxylation is 1. The summed E-state index contributed by atoms with van der Waals surface area (Å²) in [7, 11) is 0. The summed E-state index contributed by atoms with van der Waals surface area (Å²) in [5.41, 5.74) is 1.42. The maximum Gasteiger partial charge on any atom is 0.293 e.